The molecule has 8 heteroatoms. The summed E-state index contributed by atoms with van der Waals surface area (Å²) in [5.74, 6) is -1.34. The summed E-state index contributed by atoms with van der Waals surface area (Å²) >= 11 is 3.13. The molecule has 0 atom stereocenters. The summed E-state index contributed by atoms with van der Waals surface area (Å²) in [6.45, 7) is 0. The summed E-state index contributed by atoms with van der Waals surface area (Å²) in [5.41, 5.74) is -0.182. The van der Waals surface area contributed by atoms with Crippen LogP contribution in [-0.4, -0.2) is 15.8 Å². The molecule has 2 rings (SSSR count). The van der Waals surface area contributed by atoms with Crippen molar-refractivity contribution in [3.63, 3.8) is 0 Å². The molecule has 1 aromatic carbocycles. The van der Waals surface area contributed by atoms with Gasteiger partial charge in [0.25, 0.3) is 11.6 Å². The number of halogens is 2. The van der Waals surface area contributed by atoms with E-state index in [1.807, 2.05) is 0 Å². The van der Waals surface area contributed by atoms with Crippen molar-refractivity contribution >= 4 is 33.2 Å². The van der Waals surface area contributed by atoms with Crippen LogP contribution in [0.25, 0.3) is 0 Å². The van der Waals surface area contributed by atoms with E-state index in [2.05, 4.69) is 26.2 Å². The number of amides is 1. The van der Waals surface area contributed by atoms with E-state index >= 15 is 0 Å². The molecule has 1 heterocycles. The molecule has 0 spiro atoms. The molecule has 2 aromatic rings. The average molecular weight is 340 g/mol. The first-order valence-electron chi connectivity index (χ1n) is 5.33. The summed E-state index contributed by atoms with van der Waals surface area (Å²) < 4.78 is 13.8. The van der Waals surface area contributed by atoms with Crippen LogP contribution in [0, 0.1) is 15.9 Å². The zero-order chi connectivity index (χ0) is 14.7. The Balaban J connectivity index is 2.23. The number of benzene rings is 1. The van der Waals surface area contributed by atoms with E-state index in [1.54, 1.807) is 6.07 Å². The highest BCUT2D eigenvalue weighted by Gasteiger charge is 2.12. The molecular formula is C12H7BrFN3O3. The number of anilines is 1. The fourth-order valence-corrected chi connectivity index (χ4v) is 1.70. The van der Waals surface area contributed by atoms with Crippen LogP contribution in [0.4, 0.5) is 15.8 Å². The highest BCUT2D eigenvalue weighted by atomic mass is 79.9. The van der Waals surface area contributed by atoms with Gasteiger partial charge in [0, 0.05) is 12.3 Å². The van der Waals surface area contributed by atoms with Crippen LogP contribution >= 0.6 is 15.9 Å². The zero-order valence-corrected chi connectivity index (χ0v) is 11.4. The lowest BCUT2D eigenvalue weighted by atomic mass is 10.2. The van der Waals surface area contributed by atoms with Gasteiger partial charge >= 0.3 is 0 Å². The Morgan fingerprint density at radius 1 is 1.35 bits per heavy atom. The molecule has 1 N–H and O–H groups in total. The number of carbonyl (C=O) groups excluding carboxylic acids is 1. The van der Waals surface area contributed by atoms with Gasteiger partial charge in [0.15, 0.2) is 0 Å². The number of hydrogen-bond acceptors (Lipinski definition) is 4. The van der Waals surface area contributed by atoms with Crippen molar-refractivity contribution in [3.8, 4) is 0 Å². The minimum absolute atomic E-state index is 0.00428. The van der Waals surface area contributed by atoms with Gasteiger partial charge in [-0.3, -0.25) is 14.9 Å². The second-order valence-electron chi connectivity index (χ2n) is 3.78. The highest BCUT2D eigenvalue weighted by molar-refractivity contribution is 9.10. The quantitative estimate of drug-likeness (QED) is 0.528. The molecule has 1 aromatic heterocycles. The Morgan fingerprint density at radius 2 is 2.10 bits per heavy atom. The number of carbonyl (C=O) groups is 1. The topological polar surface area (TPSA) is 85.1 Å². The molecule has 0 fully saturated rings. The first kappa shape index (κ1) is 14.1. The third-order valence-electron chi connectivity index (χ3n) is 2.34. The lowest BCUT2D eigenvalue weighted by Gasteiger charge is -2.05. The van der Waals surface area contributed by atoms with E-state index in [0.717, 1.165) is 18.2 Å². The van der Waals surface area contributed by atoms with Gasteiger partial charge in [0.2, 0.25) is 0 Å². The van der Waals surface area contributed by atoms with Crippen LogP contribution in [0.5, 0.6) is 0 Å². The number of nitrogens with zero attached hydrogens (tertiary/aromatic N) is 2. The maximum absolute atomic E-state index is 13.2. The van der Waals surface area contributed by atoms with Crippen LogP contribution < -0.4 is 5.32 Å². The van der Waals surface area contributed by atoms with E-state index in [-0.39, 0.29) is 11.3 Å². The Kier molecular flexibility index (Phi) is 4.04. The predicted octanol–water partition coefficient (Wildman–Crippen LogP) is 3.14. The van der Waals surface area contributed by atoms with Gasteiger partial charge in [0.05, 0.1) is 22.2 Å². The third kappa shape index (κ3) is 3.35. The second-order valence-corrected chi connectivity index (χ2v) is 4.59. The van der Waals surface area contributed by atoms with Gasteiger partial charge in [-0.15, -0.1) is 0 Å². The summed E-state index contributed by atoms with van der Waals surface area (Å²) in [5, 5.41) is 13.0. The summed E-state index contributed by atoms with van der Waals surface area (Å²) in [4.78, 5) is 25.6. The lowest BCUT2D eigenvalue weighted by Crippen LogP contribution is -2.12. The molecule has 20 heavy (non-hydrogen) atoms. The third-order valence-corrected chi connectivity index (χ3v) is 2.81. The molecular weight excluding hydrogens is 333 g/mol. The summed E-state index contributed by atoms with van der Waals surface area (Å²) in [7, 11) is 0. The molecule has 0 aliphatic carbocycles. The molecule has 0 bridgehead atoms. The van der Waals surface area contributed by atoms with Crippen LogP contribution in [0.1, 0.15) is 10.4 Å². The molecule has 1 amide bonds. The van der Waals surface area contributed by atoms with Gasteiger partial charge in [-0.1, -0.05) is 0 Å². The minimum Gasteiger partial charge on any atom is -0.322 e. The van der Waals surface area contributed by atoms with Gasteiger partial charge in [-0.05, 0) is 34.1 Å². The first-order chi connectivity index (χ1) is 9.45. The fraction of sp³-hybridized carbons (Fsp3) is 0. The molecule has 0 radical (unpaired) electrons. The van der Waals surface area contributed by atoms with Gasteiger partial charge in [0.1, 0.15) is 10.4 Å². The number of nitro benzene ring substituents is 1. The molecule has 0 saturated carbocycles. The van der Waals surface area contributed by atoms with Crippen molar-refractivity contribution < 1.29 is 14.1 Å². The van der Waals surface area contributed by atoms with Crippen molar-refractivity contribution in [1.29, 1.82) is 0 Å². The van der Waals surface area contributed by atoms with E-state index < -0.39 is 22.3 Å². The van der Waals surface area contributed by atoms with Crippen molar-refractivity contribution in [2.24, 2.45) is 0 Å². The number of rotatable bonds is 3. The summed E-state index contributed by atoms with van der Waals surface area (Å²) in [6.07, 6.45) is 1.33. The Labute approximate surface area is 120 Å². The van der Waals surface area contributed by atoms with Crippen molar-refractivity contribution in [1.82, 2.24) is 4.98 Å². The van der Waals surface area contributed by atoms with Gasteiger partial charge in [-0.25, -0.2) is 9.37 Å². The number of nitro groups is 1. The largest absolute Gasteiger partial charge is 0.322 e. The predicted molar refractivity (Wildman–Crippen MR) is 72.9 cm³/mol. The molecule has 0 unspecified atom stereocenters. The average Bonchev–Trinajstić information content (AvgIpc) is 2.38. The van der Waals surface area contributed by atoms with E-state index in [9.17, 15) is 19.3 Å². The maximum Gasteiger partial charge on any atom is 0.274 e. The molecule has 6 nitrogen and oxygen atoms in total. The number of pyridine rings is 1. The van der Waals surface area contributed by atoms with Crippen LogP contribution in [0.15, 0.2) is 41.1 Å². The number of aromatic nitrogens is 1. The molecule has 0 saturated heterocycles. The minimum atomic E-state index is -0.802. The van der Waals surface area contributed by atoms with Crippen molar-refractivity contribution in [2.45, 2.75) is 0 Å². The zero-order valence-electron chi connectivity index (χ0n) is 9.84. The number of nitrogens with one attached hydrogen (secondary N) is 1. The SMILES string of the molecule is O=C(Nc1cc(F)cc([N+](=O)[O-])c1)c1ccc(Br)nc1. The Morgan fingerprint density at radius 3 is 2.70 bits per heavy atom. The monoisotopic (exact) mass is 339 g/mol. The van der Waals surface area contributed by atoms with Gasteiger partial charge in [-0.2, -0.15) is 0 Å². The van der Waals surface area contributed by atoms with E-state index in [1.165, 1.54) is 12.3 Å². The highest BCUT2D eigenvalue weighted by Crippen LogP contribution is 2.20. The van der Waals surface area contributed by atoms with Crippen molar-refractivity contribution in [3.05, 3.63) is 62.6 Å². The van der Waals surface area contributed by atoms with Crippen LogP contribution in [0.3, 0.4) is 0 Å². The Bertz CT molecular complexity index is 676. The molecule has 0 aliphatic rings. The first-order valence-corrected chi connectivity index (χ1v) is 6.13. The fourth-order valence-electron chi connectivity index (χ4n) is 1.47. The Hall–Kier alpha value is -2.35. The lowest BCUT2D eigenvalue weighted by molar-refractivity contribution is -0.385. The normalized spacial score (nSPS) is 10.1. The van der Waals surface area contributed by atoms with Crippen LogP contribution in [-0.2, 0) is 0 Å². The van der Waals surface area contributed by atoms with E-state index in [0.29, 0.717) is 4.60 Å². The van der Waals surface area contributed by atoms with Crippen LogP contribution in [0.2, 0.25) is 0 Å². The smallest absolute Gasteiger partial charge is 0.274 e. The number of non-ortho nitro benzene ring substituents is 1. The maximum atomic E-state index is 13.2. The second kappa shape index (κ2) is 5.74. The molecule has 0 aliphatic heterocycles. The van der Waals surface area contributed by atoms with Gasteiger partial charge < -0.3 is 5.32 Å². The molecule has 102 valence electrons. The van der Waals surface area contributed by atoms with Crippen molar-refractivity contribution in [2.75, 3.05) is 5.32 Å². The van der Waals surface area contributed by atoms with E-state index in [4.69, 9.17) is 0 Å². The number of hydrogen-bond donors (Lipinski definition) is 1. The summed E-state index contributed by atoms with van der Waals surface area (Å²) in [6, 6.07) is 5.93. The standard InChI is InChI=1S/C12H7BrFN3O3/c13-11-2-1-7(6-15-11)12(18)16-9-3-8(14)4-10(5-9)17(19)20/h1-6H,(H,16,18).